The van der Waals surface area contributed by atoms with Crippen LogP contribution in [0.15, 0.2) is 0 Å². The SMILES string of the molecule is CCNC1CCCN(C(C)CSC)C1=O. The molecule has 1 saturated heterocycles. The highest BCUT2D eigenvalue weighted by molar-refractivity contribution is 7.98. The van der Waals surface area contributed by atoms with Crippen LogP contribution in [0.3, 0.4) is 0 Å². The first kappa shape index (κ1) is 12.8. The van der Waals surface area contributed by atoms with E-state index >= 15 is 0 Å². The van der Waals surface area contributed by atoms with Crippen molar-refractivity contribution in [2.45, 2.75) is 38.8 Å². The van der Waals surface area contributed by atoms with E-state index < -0.39 is 0 Å². The van der Waals surface area contributed by atoms with Crippen molar-refractivity contribution < 1.29 is 4.79 Å². The number of nitrogens with one attached hydrogen (secondary N) is 1. The number of carbonyl (C=O) groups is 1. The van der Waals surface area contributed by atoms with Crippen molar-refractivity contribution in [2.24, 2.45) is 0 Å². The largest absolute Gasteiger partial charge is 0.338 e. The summed E-state index contributed by atoms with van der Waals surface area (Å²) < 4.78 is 0. The van der Waals surface area contributed by atoms with E-state index in [1.54, 1.807) is 11.8 Å². The summed E-state index contributed by atoms with van der Waals surface area (Å²) in [7, 11) is 0. The molecule has 1 rings (SSSR count). The van der Waals surface area contributed by atoms with Crippen LogP contribution in [0, 0.1) is 0 Å². The highest BCUT2D eigenvalue weighted by Gasteiger charge is 2.30. The number of piperidine rings is 1. The molecular weight excluding hydrogens is 208 g/mol. The Labute approximate surface area is 97.0 Å². The zero-order valence-corrected chi connectivity index (χ0v) is 10.8. The molecule has 1 N–H and O–H groups in total. The smallest absolute Gasteiger partial charge is 0.239 e. The van der Waals surface area contributed by atoms with Gasteiger partial charge in [0.25, 0.3) is 0 Å². The van der Waals surface area contributed by atoms with Crippen LogP contribution in [0.4, 0.5) is 0 Å². The quantitative estimate of drug-likeness (QED) is 0.773. The first-order valence-corrected chi connectivity index (χ1v) is 7.12. The number of nitrogens with zero attached hydrogens (tertiary/aromatic N) is 1. The molecule has 1 aliphatic rings. The topological polar surface area (TPSA) is 32.3 Å². The molecule has 0 aromatic heterocycles. The van der Waals surface area contributed by atoms with Gasteiger partial charge in [0.1, 0.15) is 0 Å². The second kappa shape index (κ2) is 6.38. The van der Waals surface area contributed by atoms with Gasteiger partial charge in [-0.25, -0.2) is 0 Å². The first-order chi connectivity index (χ1) is 7.20. The maximum absolute atomic E-state index is 12.1. The predicted molar refractivity (Wildman–Crippen MR) is 66.3 cm³/mol. The molecule has 1 fully saturated rings. The molecule has 0 bridgehead atoms. The summed E-state index contributed by atoms with van der Waals surface area (Å²) in [4.78, 5) is 14.1. The zero-order chi connectivity index (χ0) is 11.3. The lowest BCUT2D eigenvalue weighted by Crippen LogP contribution is -2.54. The number of hydrogen-bond acceptors (Lipinski definition) is 3. The first-order valence-electron chi connectivity index (χ1n) is 5.73. The summed E-state index contributed by atoms with van der Waals surface area (Å²) in [5.41, 5.74) is 0. The molecule has 0 aliphatic carbocycles. The average molecular weight is 230 g/mol. The van der Waals surface area contributed by atoms with Crippen molar-refractivity contribution in [3.63, 3.8) is 0 Å². The summed E-state index contributed by atoms with van der Waals surface area (Å²) in [5, 5.41) is 3.26. The lowest BCUT2D eigenvalue weighted by atomic mass is 10.0. The number of carbonyl (C=O) groups excluding carboxylic acids is 1. The average Bonchev–Trinajstić information content (AvgIpc) is 2.22. The Bertz CT molecular complexity index is 209. The number of amides is 1. The van der Waals surface area contributed by atoms with Crippen molar-refractivity contribution in [3.05, 3.63) is 0 Å². The monoisotopic (exact) mass is 230 g/mol. The highest BCUT2D eigenvalue weighted by Crippen LogP contribution is 2.16. The van der Waals surface area contributed by atoms with Crippen LogP contribution in [0.1, 0.15) is 26.7 Å². The Balaban J connectivity index is 2.53. The third-order valence-corrected chi connectivity index (χ3v) is 3.68. The Morgan fingerprint density at radius 1 is 1.67 bits per heavy atom. The van der Waals surface area contributed by atoms with Gasteiger partial charge in [0.2, 0.25) is 5.91 Å². The van der Waals surface area contributed by atoms with Gasteiger partial charge >= 0.3 is 0 Å². The van der Waals surface area contributed by atoms with Crippen LogP contribution in [0.5, 0.6) is 0 Å². The second-order valence-electron chi connectivity index (χ2n) is 4.09. The van der Waals surface area contributed by atoms with Crippen molar-refractivity contribution >= 4 is 17.7 Å². The molecule has 0 aromatic rings. The van der Waals surface area contributed by atoms with E-state index in [4.69, 9.17) is 0 Å². The molecule has 3 nitrogen and oxygen atoms in total. The van der Waals surface area contributed by atoms with Gasteiger partial charge in [-0.3, -0.25) is 4.79 Å². The zero-order valence-electron chi connectivity index (χ0n) is 9.95. The third-order valence-electron chi connectivity index (χ3n) is 2.86. The predicted octanol–water partition coefficient (Wildman–Crippen LogP) is 1.34. The number of likely N-dealkylation sites (N-methyl/N-ethyl adjacent to an activating group) is 1. The van der Waals surface area contributed by atoms with Crippen LogP contribution in [0.2, 0.25) is 0 Å². The van der Waals surface area contributed by atoms with E-state index in [0.29, 0.717) is 11.9 Å². The van der Waals surface area contributed by atoms with Crippen LogP contribution in [0.25, 0.3) is 0 Å². The van der Waals surface area contributed by atoms with Crippen LogP contribution >= 0.6 is 11.8 Å². The summed E-state index contributed by atoms with van der Waals surface area (Å²) in [5.74, 6) is 1.33. The number of likely N-dealkylation sites (tertiary alicyclic amines) is 1. The fraction of sp³-hybridized carbons (Fsp3) is 0.909. The van der Waals surface area contributed by atoms with Crippen molar-refractivity contribution in [3.8, 4) is 0 Å². The molecule has 1 aliphatic heterocycles. The molecule has 1 heterocycles. The van der Waals surface area contributed by atoms with Gasteiger partial charge in [-0.15, -0.1) is 0 Å². The van der Waals surface area contributed by atoms with Gasteiger partial charge in [-0.05, 0) is 32.6 Å². The fourth-order valence-corrected chi connectivity index (χ4v) is 2.77. The van der Waals surface area contributed by atoms with Gasteiger partial charge in [-0.1, -0.05) is 6.92 Å². The Morgan fingerprint density at radius 3 is 3.00 bits per heavy atom. The molecule has 15 heavy (non-hydrogen) atoms. The van der Waals surface area contributed by atoms with E-state index in [1.807, 2.05) is 4.90 Å². The van der Waals surface area contributed by atoms with Gasteiger partial charge in [0, 0.05) is 18.3 Å². The van der Waals surface area contributed by atoms with Gasteiger partial charge in [-0.2, -0.15) is 11.8 Å². The Morgan fingerprint density at radius 2 is 2.40 bits per heavy atom. The maximum Gasteiger partial charge on any atom is 0.239 e. The third kappa shape index (κ3) is 3.38. The lowest BCUT2D eigenvalue weighted by Gasteiger charge is -2.36. The molecule has 0 spiro atoms. The standard InChI is InChI=1S/C11H22N2OS/c1-4-12-10-6-5-7-13(11(10)14)9(2)8-15-3/h9-10,12H,4-8H2,1-3H3. The molecule has 88 valence electrons. The minimum Gasteiger partial charge on any atom is -0.338 e. The molecule has 2 unspecified atom stereocenters. The van der Waals surface area contributed by atoms with Gasteiger partial charge < -0.3 is 10.2 Å². The normalized spacial score (nSPS) is 24.3. The number of hydrogen-bond donors (Lipinski definition) is 1. The van der Waals surface area contributed by atoms with E-state index in [9.17, 15) is 4.79 Å². The summed E-state index contributed by atoms with van der Waals surface area (Å²) in [6, 6.07) is 0.432. The minimum absolute atomic E-state index is 0.0630. The molecule has 4 heteroatoms. The number of thioether (sulfide) groups is 1. The van der Waals surface area contributed by atoms with E-state index in [0.717, 1.165) is 31.7 Å². The molecule has 0 radical (unpaired) electrons. The van der Waals surface area contributed by atoms with Crippen molar-refractivity contribution in [1.29, 1.82) is 0 Å². The van der Waals surface area contributed by atoms with Crippen LogP contribution in [-0.4, -0.2) is 48.0 Å². The molecule has 2 atom stereocenters. The molecule has 1 amide bonds. The van der Waals surface area contributed by atoms with Gasteiger partial charge in [0.05, 0.1) is 6.04 Å². The molecule has 0 aromatic carbocycles. The fourth-order valence-electron chi connectivity index (χ4n) is 2.10. The van der Waals surface area contributed by atoms with Crippen LogP contribution in [-0.2, 0) is 4.79 Å². The second-order valence-corrected chi connectivity index (χ2v) is 5.00. The number of rotatable bonds is 5. The van der Waals surface area contributed by atoms with Gasteiger partial charge in [0.15, 0.2) is 0 Å². The highest BCUT2D eigenvalue weighted by atomic mass is 32.2. The van der Waals surface area contributed by atoms with Crippen molar-refractivity contribution in [2.75, 3.05) is 25.1 Å². The Hall–Kier alpha value is -0.220. The minimum atomic E-state index is 0.0630. The Kier molecular flexibility index (Phi) is 5.47. The molecular formula is C11H22N2OS. The maximum atomic E-state index is 12.1. The van der Waals surface area contributed by atoms with E-state index in [-0.39, 0.29) is 6.04 Å². The lowest BCUT2D eigenvalue weighted by molar-refractivity contribution is -0.137. The summed E-state index contributed by atoms with van der Waals surface area (Å²) >= 11 is 1.81. The summed E-state index contributed by atoms with van der Waals surface area (Å²) in [6.07, 6.45) is 4.21. The molecule has 0 saturated carbocycles. The van der Waals surface area contributed by atoms with E-state index in [2.05, 4.69) is 25.4 Å². The van der Waals surface area contributed by atoms with E-state index in [1.165, 1.54) is 0 Å². The summed E-state index contributed by atoms with van der Waals surface area (Å²) in [6.45, 7) is 6.00. The van der Waals surface area contributed by atoms with Crippen molar-refractivity contribution in [1.82, 2.24) is 10.2 Å². The van der Waals surface area contributed by atoms with Crippen LogP contribution < -0.4 is 5.32 Å².